The Morgan fingerprint density at radius 3 is 2.45 bits per heavy atom. The number of benzene rings is 1. The molecule has 2 aliphatic carbocycles. The Hall–Kier alpha value is -1.91. The van der Waals surface area contributed by atoms with Gasteiger partial charge in [-0.3, -0.25) is 9.59 Å². The van der Waals surface area contributed by atoms with Gasteiger partial charge in [-0.25, -0.2) is 4.39 Å². The fraction of sp³-hybridized carbons (Fsp3) is 0.467. The van der Waals surface area contributed by atoms with Crippen molar-refractivity contribution in [2.45, 2.75) is 25.3 Å². The first kappa shape index (κ1) is 13.1. The second-order valence-electron chi connectivity index (χ2n) is 5.70. The number of amides is 1. The quantitative estimate of drug-likeness (QED) is 0.888. The summed E-state index contributed by atoms with van der Waals surface area (Å²) in [4.78, 5) is 23.5. The van der Waals surface area contributed by atoms with Crippen molar-refractivity contribution in [3.05, 3.63) is 35.6 Å². The summed E-state index contributed by atoms with van der Waals surface area (Å²) in [5.41, 5.74) is 0.360. The van der Waals surface area contributed by atoms with E-state index in [1.807, 2.05) is 0 Å². The molecule has 4 atom stereocenters. The average molecular weight is 277 g/mol. The Kier molecular flexibility index (Phi) is 3.20. The lowest BCUT2D eigenvalue weighted by atomic mass is 9.84. The number of carboxylic acids is 1. The maximum absolute atomic E-state index is 12.8. The topological polar surface area (TPSA) is 66.4 Å². The number of carbonyl (C=O) groups is 2. The third-order valence-electron chi connectivity index (χ3n) is 4.61. The Morgan fingerprint density at radius 2 is 1.80 bits per heavy atom. The molecule has 1 aromatic carbocycles. The molecule has 0 radical (unpaired) electrons. The summed E-state index contributed by atoms with van der Waals surface area (Å²) < 4.78 is 12.8. The van der Waals surface area contributed by atoms with Crippen LogP contribution in [0.1, 0.15) is 29.6 Å². The first-order valence-corrected chi connectivity index (χ1v) is 6.85. The zero-order valence-electron chi connectivity index (χ0n) is 10.9. The van der Waals surface area contributed by atoms with E-state index >= 15 is 0 Å². The van der Waals surface area contributed by atoms with E-state index in [9.17, 15) is 19.1 Å². The third kappa shape index (κ3) is 2.17. The van der Waals surface area contributed by atoms with Crippen LogP contribution >= 0.6 is 0 Å². The van der Waals surface area contributed by atoms with Crippen LogP contribution in [-0.4, -0.2) is 23.0 Å². The van der Waals surface area contributed by atoms with E-state index in [1.54, 1.807) is 0 Å². The molecule has 0 heterocycles. The minimum atomic E-state index is -0.832. The van der Waals surface area contributed by atoms with Gasteiger partial charge in [0.2, 0.25) is 0 Å². The van der Waals surface area contributed by atoms with Crippen molar-refractivity contribution in [3.8, 4) is 0 Å². The number of nitrogens with one attached hydrogen (secondary N) is 1. The molecule has 4 unspecified atom stereocenters. The number of rotatable bonds is 3. The highest BCUT2D eigenvalue weighted by atomic mass is 19.1. The van der Waals surface area contributed by atoms with Crippen LogP contribution in [0, 0.1) is 23.6 Å². The van der Waals surface area contributed by atoms with Crippen LogP contribution in [-0.2, 0) is 4.79 Å². The normalized spacial score (nSPS) is 31.2. The SMILES string of the molecule is O=C(NC1C2CCC(C2)C1C(=O)O)c1ccc(F)cc1. The van der Waals surface area contributed by atoms with Gasteiger partial charge in [-0.2, -0.15) is 0 Å². The van der Waals surface area contributed by atoms with Gasteiger partial charge in [-0.1, -0.05) is 0 Å². The Balaban J connectivity index is 1.75. The maximum atomic E-state index is 12.8. The molecule has 3 rings (SSSR count). The minimum Gasteiger partial charge on any atom is -0.481 e. The molecule has 0 aromatic heterocycles. The number of carboxylic acid groups (broad SMARTS) is 1. The molecular formula is C15H16FNO3. The van der Waals surface area contributed by atoms with Crippen LogP contribution in [0.2, 0.25) is 0 Å². The van der Waals surface area contributed by atoms with Crippen LogP contribution < -0.4 is 5.32 Å². The summed E-state index contributed by atoms with van der Waals surface area (Å²) in [6.07, 6.45) is 2.79. The van der Waals surface area contributed by atoms with Crippen LogP contribution in [0.15, 0.2) is 24.3 Å². The molecule has 106 valence electrons. The van der Waals surface area contributed by atoms with E-state index in [-0.39, 0.29) is 23.8 Å². The number of hydrogen-bond acceptors (Lipinski definition) is 2. The number of fused-ring (bicyclic) bond motifs is 2. The molecule has 1 aromatic rings. The van der Waals surface area contributed by atoms with Crippen molar-refractivity contribution in [1.29, 1.82) is 0 Å². The van der Waals surface area contributed by atoms with Gasteiger partial charge in [0, 0.05) is 11.6 Å². The van der Waals surface area contributed by atoms with Crippen molar-refractivity contribution < 1.29 is 19.1 Å². The van der Waals surface area contributed by atoms with E-state index < -0.39 is 17.7 Å². The van der Waals surface area contributed by atoms with Crippen molar-refractivity contribution in [3.63, 3.8) is 0 Å². The van der Waals surface area contributed by atoms with E-state index in [1.165, 1.54) is 24.3 Å². The Labute approximate surface area is 116 Å². The summed E-state index contributed by atoms with van der Waals surface area (Å²) in [6, 6.07) is 4.97. The second kappa shape index (κ2) is 4.89. The van der Waals surface area contributed by atoms with Crippen molar-refractivity contribution in [1.82, 2.24) is 5.32 Å². The molecule has 0 aliphatic heterocycles. The van der Waals surface area contributed by atoms with E-state index in [2.05, 4.69) is 5.32 Å². The summed E-state index contributed by atoms with van der Waals surface area (Å²) in [6.45, 7) is 0. The van der Waals surface area contributed by atoms with Crippen LogP contribution in [0.5, 0.6) is 0 Å². The van der Waals surface area contributed by atoms with E-state index in [0.29, 0.717) is 5.56 Å². The van der Waals surface area contributed by atoms with Crippen LogP contribution in [0.4, 0.5) is 4.39 Å². The molecule has 20 heavy (non-hydrogen) atoms. The molecule has 1 amide bonds. The summed E-state index contributed by atoms with van der Waals surface area (Å²) in [7, 11) is 0. The van der Waals surface area contributed by atoms with Gasteiger partial charge in [0.25, 0.3) is 5.91 Å². The molecule has 0 spiro atoms. The number of hydrogen-bond donors (Lipinski definition) is 2. The highest BCUT2D eigenvalue weighted by Gasteiger charge is 2.51. The average Bonchev–Trinajstić information content (AvgIpc) is 3.00. The zero-order chi connectivity index (χ0) is 14.3. The monoisotopic (exact) mass is 277 g/mol. The Morgan fingerprint density at radius 1 is 1.15 bits per heavy atom. The largest absolute Gasteiger partial charge is 0.481 e. The van der Waals surface area contributed by atoms with Gasteiger partial charge in [-0.05, 0) is 55.4 Å². The van der Waals surface area contributed by atoms with Gasteiger partial charge in [0.15, 0.2) is 0 Å². The van der Waals surface area contributed by atoms with Crippen LogP contribution in [0.25, 0.3) is 0 Å². The lowest BCUT2D eigenvalue weighted by Crippen LogP contribution is -2.46. The molecule has 4 nitrogen and oxygen atoms in total. The standard InChI is InChI=1S/C15H16FNO3/c16-11-5-3-8(4-6-11)14(18)17-13-10-2-1-9(7-10)12(13)15(19)20/h3-6,9-10,12-13H,1-2,7H2,(H,17,18)(H,19,20). The van der Waals surface area contributed by atoms with Gasteiger partial charge in [0.05, 0.1) is 5.92 Å². The summed E-state index contributed by atoms with van der Waals surface area (Å²) in [5.74, 6) is -1.61. The number of aliphatic carboxylic acids is 1. The predicted octanol–water partition coefficient (Wildman–Crippen LogP) is 2.05. The molecule has 2 N–H and O–H groups in total. The highest BCUT2D eigenvalue weighted by Crippen LogP contribution is 2.48. The summed E-state index contributed by atoms with van der Waals surface area (Å²) in [5, 5.41) is 12.2. The second-order valence-corrected chi connectivity index (χ2v) is 5.70. The lowest BCUT2D eigenvalue weighted by Gasteiger charge is -2.28. The molecule has 2 fully saturated rings. The van der Waals surface area contributed by atoms with Crippen molar-refractivity contribution in [2.75, 3.05) is 0 Å². The Bertz CT molecular complexity index is 543. The van der Waals surface area contributed by atoms with Crippen molar-refractivity contribution in [2.24, 2.45) is 17.8 Å². The fourth-order valence-electron chi connectivity index (χ4n) is 3.69. The van der Waals surface area contributed by atoms with Crippen molar-refractivity contribution >= 4 is 11.9 Å². The van der Waals surface area contributed by atoms with Gasteiger partial charge >= 0.3 is 5.97 Å². The lowest BCUT2D eigenvalue weighted by molar-refractivity contribution is -0.144. The zero-order valence-corrected chi connectivity index (χ0v) is 10.9. The molecular weight excluding hydrogens is 261 g/mol. The van der Waals surface area contributed by atoms with Gasteiger partial charge in [-0.15, -0.1) is 0 Å². The predicted molar refractivity (Wildman–Crippen MR) is 69.6 cm³/mol. The number of carbonyl (C=O) groups excluding carboxylic acids is 1. The number of halogens is 1. The third-order valence-corrected chi connectivity index (χ3v) is 4.61. The maximum Gasteiger partial charge on any atom is 0.308 e. The van der Waals surface area contributed by atoms with Gasteiger partial charge in [0.1, 0.15) is 5.82 Å². The summed E-state index contributed by atoms with van der Waals surface area (Å²) >= 11 is 0. The first-order chi connectivity index (χ1) is 9.56. The minimum absolute atomic E-state index is 0.177. The smallest absolute Gasteiger partial charge is 0.308 e. The first-order valence-electron chi connectivity index (χ1n) is 6.85. The fourth-order valence-corrected chi connectivity index (χ4v) is 3.69. The molecule has 0 saturated heterocycles. The van der Waals surface area contributed by atoms with E-state index in [0.717, 1.165) is 19.3 Å². The molecule has 5 heteroatoms. The highest BCUT2D eigenvalue weighted by molar-refractivity contribution is 5.94. The van der Waals surface area contributed by atoms with Crippen LogP contribution in [0.3, 0.4) is 0 Å². The molecule has 2 bridgehead atoms. The molecule has 2 aliphatic rings. The van der Waals surface area contributed by atoms with E-state index in [4.69, 9.17) is 0 Å². The van der Waals surface area contributed by atoms with Gasteiger partial charge < -0.3 is 10.4 Å². The molecule has 2 saturated carbocycles.